The molecular formula is C13H18N4S. The molecule has 4 nitrogen and oxygen atoms in total. The van der Waals surface area contributed by atoms with Crippen molar-refractivity contribution in [2.24, 2.45) is 7.05 Å². The lowest BCUT2D eigenvalue weighted by atomic mass is 10.2. The van der Waals surface area contributed by atoms with Crippen molar-refractivity contribution in [1.29, 1.82) is 0 Å². The fourth-order valence-electron chi connectivity index (χ4n) is 1.63. The molecule has 0 saturated carbocycles. The van der Waals surface area contributed by atoms with E-state index < -0.39 is 0 Å². The van der Waals surface area contributed by atoms with Crippen LogP contribution in [-0.2, 0) is 19.3 Å². The summed E-state index contributed by atoms with van der Waals surface area (Å²) < 4.78 is 1.73. The maximum Gasteiger partial charge on any atom is 0.0929 e. The summed E-state index contributed by atoms with van der Waals surface area (Å²) in [7, 11) is 1.89. The Balaban J connectivity index is 1.92. The Morgan fingerprint density at radius 3 is 3.00 bits per heavy atom. The van der Waals surface area contributed by atoms with Gasteiger partial charge in [-0.2, -0.15) is 0 Å². The summed E-state index contributed by atoms with van der Waals surface area (Å²) in [6.45, 7) is 4.04. The molecule has 0 aliphatic carbocycles. The van der Waals surface area contributed by atoms with E-state index in [1.54, 1.807) is 16.4 Å². The van der Waals surface area contributed by atoms with Gasteiger partial charge in [0.05, 0.1) is 5.69 Å². The highest BCUT2D eigenvalue weighted by molar-refractivity contribution is 7.98. The molecule has 1 heterocycles. The number of aryl methyl sites for hydroxylation is 1. The second-order valence-electron chi connectivity index (χ2n) is 4.10. The summed E-state index contributed by atoms with van der Waals surface area (Å²) in [6.07, 6.45) is 1.95. The molecule has 1 aromatic heterocycles. The molecule has 0 unspecified atom stereocenters. The third-order valence-electron chi connectivity index (χ3n) is 2.51. The number of rotatable bonds is 6. The Hall–Kier alpha value is -1.33. The Morgan fingerprint density at radius 2 is 2.28 bits per heavy atom. The van der Waals surface area contributed by atoms with Gasteiger partial charge in [-0.05, 0) is 24.2 Å². The zero-order valence-electron chi connectivity index (χ0n) is 10.8. The van der Waals surface area contributed by atoms with E-state index in [2.05, 4.69) is 46.8 Å². The van der Waals surface area contributed by atoms with Gasteiger partial charge in [0.15, 0.2) is 0 Å². The van der Waals surface area contributed by atoms with E-state index in [9.17, 15) is 0 Å². The van der Waals surface area contributed by atoms with Gasteiger partial charge in [0.25, 0.3) is 0 Å². The molecule has 0 saturated heterocycles. The first kappa shape index (κ1) is 13.1. The van der Waals surface area contributed by atoms with Crippen LogP contribution in [0.4, 0.5) is 0 Å². The van der Waals surface area contributed by atoms with Crippen LogP contribution in [0.25, 0.3) is 0 Å². The van der Waals surface area contributed by atoms with Crippen LogP contribution in [0.3, 0.4) is 0 Å². The number of benzene rings is 1. The van der Waals surface area contributed by atoms with Crippen molar-refractivity contribution in [2.75, 3.05) is 6.54 Å². The van der Waals surface area contributed by atoms with E-state index in [1.165, 1.54) is 10.5 Å². The van der Waals surface area contributed by atoms with Crippen molar-refractivity contribution in [3.05, 3.63) is 41.7 Å². The van der Waals surface area contributed by atoms with Crippen LogP contribution >= 0.6 is 11.8 Å². The lowest BCUT2D eigenvalue weighted by molar-refractivity contribution is 0.714. The van der Waals surface area contributed by atoms with Crippen molar-refractivity contribution in [3.63, 3.8) is 0 Å². The largest absolute Gasteiger partial charge is 0.313 e. The predicted molar refractivity (Wildman–Crippen MR) is 74.4 cm³/mol. The SMILES string of the molecule is CCNCc1cccc(SCc2cn(C)nn2)c1. The van der Waals surface area contributed by atoms with E-state index in [1.807, 2.05) is 13.2 Å². The van der Waals surface area contributed by atoms with Gasteiger partial charge < -0.3 is 5.32 Å². The fourth-order valence-corrected chi connectivity index (χ4v) is 2.49. The minimum absolute atomic E-state index is 0.860. The standard InChI is InChI=1S/C13H18N4S/c1-3-14-8-11-5-4-6-13(7-11)18-10-12-9-17(2)16-15-12/h4-7,9,14H,3,8,10H2,1-2H3. The number of nitrogens with one attached hydrogen (secondary N) is 1. The molecule has 0 aliphatic rings. The molecule has 0 fully saturated rings. The first-order valence-electron chi connectivity index (χ1n) is 6.05. The molecule has 2 aromatic rings. The van der Waals surface area contributed by atoms with Gasteiger partial charge in [0, 0.05) is 30.4 Å². The summed E-state index contributed by atoms with van der Waals surface area (Å²) in [5.41, 5.74) is 2.33. The highest BCUT2D eigenvalue weighted by Gasteiger charge is 2.01. The highest BCUT2D eigenvalue weighted by atomic mass is 32.2. The van der Waals surface area contributed by atoms with Crippen LogP contribution in [0.15, 0.2) is 35.4 Å². The van der Waals surface area contributed by atoms with Crippen molar-refractivity contribution in [1.82, 2.24) is 20.3 Å². The smallest absolute Gasteiger partial charge is 0.0929 e. The quantitative estimate of drug-likeness (QED) is 0.811. The van der Waals surface area contributed by atoms with E-state index in [0.717, 1.165) is 24.5 Å². The number of nitrogens with zero attached hydrogens (tertiary/aromatic N) is 3. The molecule has 5 heteroatoms. The Bertz CT molecular complexity index is 495. The molecular weight excluding hydrogens is 244 g/mol. The molecule has 1 N–H and O–H groups in total. The molecule has 0 atom stereocenters. The maximum absolute atomic E-state index is 4.08. The van der Waals surface area contributed by atoms with Gasteiger partial charge in [-0.3, -0.25) is 4.68 Å². The number of hydrogen-bond donors (Lipinski definition) is 1. The topological polar surface area (TPSA) is 42.7 Å². The predicted octanol–water partition coefficient (Wildman–Crippen LogP) is 2.22. The average Bonchev–Trinajstić information content (AvgIpc) is 2.80. The van der Waals surface area contributed by atoms with E-state index in [-0.39, 0.29) is 0 Å². The second-order valence-corrected chi connectivity index (χ2v) is 5.15. The molecule has 2 rings (SSSR count). The lowest BCUT2D eigenvalue weighted by Crippen LogP contribution is -2.11. The molecule has 0 bridgehead atoms. The second kappa shape index (κ2) is 6.56. The first-order chi connectivity index (χ1) is 8.78. The van der Waals surface area contributed by atoms with Crippen LogP contribution < -0.4 is 5.32 Å². The highest BCUT2D eigenvalue weighted by Crippen LogP contribution is 2.22. The van der Waals surface area contributed by atoms with Crippen LogP contribution in [-0.4, -0.2) is 21.5 Å². The molecule has 96 valence electrons. The van der Waals surface area contributed by atoms with Gasteiger partial charge in [0.1, 0.15) is 0 Å². The fraction of sp³-hybridized carbons (Fsp3) is 0.385. The summed E-state index contributed by atoms with van der Waals surface area (Å²) in [5, 5.41) is 11.3. The monoisotopic (exact) mass is 262 g/mol. The third kappa shape index (κ3) is 3.85. The van der Waals surface area contributed by atoms with Gasteiger partial charge in [-0.15, -0.1) is 16.9 Å². The summed E-state index contributed by atoms with van der Waals surface area (Å²) in [6, 6.07) is 8.61. The maximum atomic E-state index is 4.08. The van der Waals surface area contributed by atoms with Crippen molar-refractivity contribution in [2.45, 2.75) is 24.1 Å². The lowest BCUT2D eigenvalue weighted by Gasteiger charge is -2.04. The minimum atomic E-state index is 0.860. The average molecular weight is 262 g/mol. The third-order valence-corrected chi connectivity index (χ3v) is 3.54. The number of aromatic nitrogens is 3. The van der Waals surface area contributed by atoms with Gasteiger partial charge >= 0.3 is 0 Å². The molecule has 1 aromatic carbocycles. The Labute approximate surface area is 112 Å². The number of hydrogen-bond acceptors (Lipinski definition) is 4. The van der Waals surface area contributed by atoms with E-state index in [4.69, 9.17) is 0 Å². The molecule has 18 heavy (non-hydrogen) atoms. The summed E-state index contributed by atoms with van der Waals surface area (Å²) >= 11 is 1.79. The zero-order valence-corrected chi connectivity index (χ0v) is 11.6. The summed E-state index contributed by atoms with van der Waals surface area (Å²) in [5.74, 6) is 0.860. The molecule has 0 radical (unpaired) electrons. The van der Waals surface area contributed by atoms with Crippen molar-refractivity contribution >= 4 is 11.8 Å². The molecule has 0 amide bonds. The molecule has 0 spiro atoms. The van der Waals surface area contributed by atoms with Crippen LogP contribution in [0, 0.1) is 0 Å². The Morgan fingerprint density at radius 1 is 1.39 bits per heavy atom. The zero-order chi connectivity index (χ0) is 12.8. The molecule has 0 aliphatic heterocycles. The summed E-state index contributed by atoms with van der Waals surface area (Å²) in [4.78, 5) is 1.27. The normalized spacial score (nSPS) is 10.8. The van der Waals surface area contributed by atoms with E-state index >= 15 is 0 Å². The van der Waals surface area contributed by atoms with Crippen molar-refractivity contribution < 1.29 is 0 Å². The van der Waals surface area contributed by atoms with Gasteiger partial charge in [-0.25, -0.2) is 0 Å². The minimum Gasteiger partial charge on any atom is -0.313 e. The first-order valence-corrected chi connectivity index (χ1v) is 7.04. The van der Waals surface area contributed by atoms with Gasteiger partial charge in [-0.1, -0.05) is 24.3 Å². The number of thioether (sulfide) groups is 1. The van der Waals surface area contributed by atoms with Crippen LogP contribution in [0.5, 0.6) is 0 Å². The van der Waals surface area contributed by atoms with Gasteiger partial charge in [0.2, 0.25) is 0 Å². The Kier molecular flexibility index (Phi) is 4.78. The van der Waals surface area contributed by atoms with Crippen LogP contribution in [0.1, 0.15) is 18.2 Å². The van der Waals surface area contributed by atoms with E-state index in [0.29, 0.717) is 0 Å². The van der Waals surface area contributed by atoms with Crippen molar-refractivity contribution in [3.8, 4) is 0 Å². The van der Waals surface area contributed by atoms with Crippen LogP contribution in [0.2, 0.25) is 0 Å².